The Balaban J connectivity index is 2.05. The summed E-state index contributed by atoms with van der Waals surface area (Å²) in [5, 5.41) is 15.8. The van der Waals surface area contributed by atoms with E-state index in [1.54, 1.807) is 11.6 Å². The van der Waals surface area contributed by atoms with Gasteiger partial charge in [0.1, 0.15) is 11.6 Å². The highest BCUT2D eigenvalue weighted by atomic mass is 32.1. The lowest BCUT2D eigenvalue weighted by Gasteiger charge is -2.08. The molecule has 0 bridgehead atoms. The molecule has 106 valence electrons. The molecule has 1 aromatic heterocycles. The number of rotatable bonds is 6. The molecule has 0 aliphatic heterocycles. The van der Waals surface area contributed by atoms with Gasteiger partial charge in [0, 0.05) is 10.9 Å². The molecule has 0 saturated carbocycles. The number of aliphatic hydroxyl groups excluding tert-OH is 1. The van der Waals surface area contributed by atoms with Crippen LogP contribution in [0.5, 0.6) is 5.75 Å². The van der Waals surface area contributed by atoms with E-state index in [1.807, 2.05) is 25.1 Å². The van der Waals surface area contributed by atoms with Crippen molar-refractivity contribution < 1.29 is 9.84 Å². The van der Waals surface area contributed by atoms with Crippen molar-refractivity contribution in [2.24, 2.45) is 5.10 Å². The van der Waals surface area contributed by atoms with Crippen molar-refractivity contribution in [1.82, 2.24) is 4.98 Å². The van der Waals surface area contributed by atoms with Gasteiger partial charge in [-0.2, -0.15) is 5.10 Å². The van der Waals surface area contributed by atoms with Crippen LogP contribution in [0.1, 0.15) is 18.1 Å². The zero-order valence-corrected chi connectivity index (χ0v) is 11.9. The van der Waals surface area contributed by atoms with Crippen molar-refractivity contribution in [1.29, 1.82) is 0 Å². The Kier molecular flexibility index (Phi) is 4.91. The summed E-state index contributed by atoms with van der Waals surface area (Å²) in [5.74, 6) is 1.16. The third kappa shape index (κ3) is 3.69. The number of ether oxygens (including phenoxy) is 1. The highest BCUT2D eigenvalue weighted by molar-refractivity contribution is 7.14. The second kappa shape index (κ2) is 6.88. The first-order valence-corrected chi connectivity index (χ1v) is 6.97. The SMILES string of the molecule is CCOc1ccc(C=NNc2nc(N)cs2)cc1CO. The Morgan fingerprint density at radius 3 is 3.05 bits per heavy atom. The lowest BCUT2D eigenvalue weighted by Crippen LogP contribution is -1.98. The predicted octanol–water partition coefficient (Wildman–Crippen LogP) is 2.06. The molecule has 0 saturated heterocycles. The smallest absolute Gasteiger partial charge is 0.205 e. The molecule has 2 rings (SSSR count). The van der Waals surface area contributed by atoms with Crippen LogP contribution >= 0.6 is 11.3 Å². The molecular formula is C13H16N4O2S. The molecule has 6 nitrogen and oxygen atoms in total. The first-order valence-electron chi connectivity index (χ1n) is 6.09. The monoisotopic (exact) mass is 292 g/mol. The molecule has 7 heteroatoms. The molecular weight excluding hydrogens is 276 g/mol. The van der Waals surface area contributed by atoms with Gasteiger partial charge in [0.25, 0.3) is 0 Å². The van der Waals surface area contributed by atoms with Crippen molar-refractivity contribution in [3.8, 4) is 5.75 Å². The topological polar surface area (TPSA) is 92.8 Å². The van der Waals surface area contributed by atoms with Gasteiger partial charge in [-0.1, -0.05) is 0 Å². The van der Waals surface area contributed by atoms with Gasteiger partial charge in [-0.3, -0.25) is 5.43 Å². The Hall–Kier alpha value is -2.12. The largest absolute Gasteiger partial charge is 0.494 e. The van der Waals surface area contributed by atoms with E-state index in [0.29, 0.717) is 23.3 Å². The molecule has 20 heavy (non-hydrogen) atoms. The average Bonchev–Trinajstić information content (AvgIpc) is 2.86. The number of anilines is 2. The summed E-state index contributed by atoms with van der Waals surface area (Å²) in [5.41, 5.74) is 9.89. The van der Waals surface area contributed by atoms with Crippen LogP contribution in [0, 0.1) is 0 Å². The molecule has 0 aliphatic rings. The number of aliphatic hydroxyl groups is 1. The Morgan fingerprint density at radius 2 is 2.40 bits per heavy atom. The summed E-state index contributed by atoms with van der Waals surface area (Å²) in [6.07, 6.45) is 1.65. The van der Waals surface area contributed by atoms with Gasteiger partial charge in [0.05, 0.1) is 19.4 Å². The van der Waals surface area contributed by atoms with Crippen LogP contribution in [-0.2, 0) is 6.61 Å². The van der Waals surface area contributed by atoms with E-state index in [1.165, 1.54) is 11.3 Å². The standard InChI is InChI=1S/C13H16N4O2S/c1-2-19-11-4-3-9(5-10(11)7-18)6-15-17-13-16-12(14)8-20-13/h3-6,8,18H,2,7,14H2,1H3,(H,16,17). The molecule has 0 amide bonds. The fraction of sp³-hybridized carbons (Fsp3) is 0.231. The Morgan fingerprint density at radius 1 is 1.55 bits per heavy atom. The third-order valence-corrected chi connectivity index (χ3v) is 3.22. The molecule has 0 fully saturated rings. The van der Waals surface area contributed by atoms with Crippen LogP contribution in [0.25, 0.3) is 0 Å². The maximum atomic E-state index is 9.31. The number of hydrogen-bond donors (Lipinski definition) is 3. The first-order chi connectivity index (χ1) is 9.72. The number of benzene rings is 1. The molecule has 2 aromatic rings. The zero-order valence-electron chi connectivity index (χ0n) is 11.0. The van der Waals surface area contributed by atoms with E-state index in [-0.39, 0.29) is 6.61 Å². The number of nitrogens with zero attached hydrogens (tertiary/aromatic N) is 2. The minimum absolute atomic E-state index is 0.0759. The zero-order chi connectivity index (χ0) is 14.4. The number of hydrazone groups is 1. The van der Waals surface area contributed by atoms with Gasteiger partial charge in [-0.05, 0) is 30.7 Å². The fourth-order valence-corrected chi connectivity index (χ4v) is 2.15. The summed E-state index contributed by atoms with van der Waals surface area (Å²) < 4.78 is 5.42. The van der Waals surface area contributed by atoms with Crippen molar-refractivity contribution in [3.63, 3.8) is 0 Å². The summed E-state index contributed by atoms with van der Waals surface area (Å²) in [6.45, 7) is 2.39. The van der Waals surface area contributed by atoms with E-state index in [0.717, 1.165) is 11.1 Å². The van der Waals surface area contributed by atoms with Crippen LogP contribution in [0.3, 0.4) is 0 Å². The number of aromatic nitrogens is 1. The van der Waals surface area contributed by atoms with E-state index < -0.39 is 0 Å². The fourth-order valence-electron chi connectivity index (χ4n) is 1.60. The van der Waals surface area contributed by atoms with E-state index in [2.05, 4.69) is 15.5 Å². The Labute approximate surface area is 120 Å². The average molecular weight is 292 g/mol. The first kappa shape index (κ1) is 14.3. The molecule has 0 unspecified atom stereocenters. The van der Waals surface area contributed by atoms with Crippen molar-refractivity contribution in [2.75, 3.05) is 17.8 Å². The summed E-state index contributed by atoms with van der Waals surface area (Å²) in [7, 11) is 0. The molecule has 1 heterocycles. The number of thiazole rings is 1. The van der Waals surface area contributed by atoms with Crippen LogP contribution in [-0.4, -0.2) is 22.9 Å². The van der Waals surface area contributed by atoms with E-state index in [9.17, 15) is 5.11 Å². The summed E-state index contributed by atoms with van der Waals surface area (Å²) in [6, 6.07) is 5.51. The molecule has 0 aliphatic carbocycles. The van der Waals surface area contributed by atoms with Gasteiger partial charge in [0.2, 0.25) is 5.13 Å². The van der Waals surface area contributed by atoms with Gasteiger partial charge in [0.15, 0.2) is 0 Å². The predicted molar refractivity (Wildman–Crippen MR) is 81.3 cm³/mol. The lowest BCUT2D eigenvalue weighted by molar-refractivity contribution is 0.267. The number of nitrogen functional groups attached to an aromatic ring is 1. The molecule has 4 N–H and O–H groups in total. The molecule has 0 spiro atoms. The second-order valence-electron chi connectivity index (χ2n) is 3.91. The number of hydrogen-bond acceptors (Lipinski definition) is 7. The lowest BCUT2D eigenvalue weighted by atomic mass is 10.1. The van der Waals surface area contributed by atoms with Gasteiger partial charge in [-0.25, -0.2) is 4.98 Å². The third-order valence-electron chi connectivity index (χ3n) is 2.45. The van der Waals surface area contributed by atoms with Crippen LogP contribution in [0.2, 0.25) is 0 Å². The normalized spacial score (nSPS) is 10.9. The van der Waals surface area contributed by atoms with E-state index >= 15 is 0 Å². The van der Waals surface area contributed by atoms with Crippen LogP contribution in [0.15, 0.2) is 28.7 Å². The van der Waals surface area contributed by atoms with E-state index in [4.69, 9.17) is 10.5 Å². The number of nitrogens with one attached hydrogen (secondary N) is 1. The Bertz CT molecular complexity index is 598. The summed E-state index contributed by atoms with van der Waals surface area (Å²) >= 11 is 1.38. The quantitative estimate of drug-likeness (QED) is 0.560. The van der Waals surface area contributed by atoms with Gasteiger partial charge < -0.3 is 15.6 Å². The van der Waals surface area contributed by atoms with Crippen molar-refractivity contribution in [2.45, 2.75) is 13.5 Å². The minimum atomic E-state index is -0.0759. The van der Waals surface area contributed by atoms with Crippen LogP contribution in [0.4, 0.5) is 10.9 Å². The van der Waals surface area contributed by atoms with Gasteiger partial charge in [-0.15, -0.1) is 11.3 Å². The minimum Gasteiger partial charge on any atom is -0.494 e. The molecule has 0 radical (unpaired) electrons. The van der Waals surface area contributed by atoms with Gasteiger partial charge >= 0.3 is 0 Å². The summed E-state index contributed by atoms with van der Waals surface area (Å²) in [4.78, 5) is 4.03. The van der Waals surface area contributed by atoms with Crippen molar-refractivity contribution >= 4 is 28.5 Å². The maximum absolute atomic E-state index is 9.31. The van der Waals surface area contributed by atoms with Crippen LogP contribution < -0.4 is 15.9 Å². The molecule has 0 atom stereocenters. The molecule has 1 aromatic carbocycles. The second-order valence-corrected chi connectivity index (χ2v) is 4.76. The maximum Gasteiger partial charge on any atom is 0.205 e. The highest BCUT2D eigenvalue weighted by Gasteiger charge is 2.03. The van der Waals surface area contributed by atoms with Crippen molar-refractivity contribution in [3.05, 3.63) is 34.7 Å². The highest BCUT2D eigenvalue weighted by Crippen LogP contribution is 2.20. The number of nitrogens with two attached hydrogens (primary N) is 1.